The van der Waals surface area contributed by atoms with Crippen molar-refractivity contribution in [2.45, 2.75) is 6.92 Å². The third-order valence-corrected chi connectivity index (χ3v) is 3.08. The maximum Gasteiger partial charge on any atom is 0.0314 e. The number of allylic oxidation sites excluding steroid dienone is 5. The lowest BCUT2D eigenvalue weighted by molar-refractivity contribution is 1.57. The second-order valence-corrected chi connectivity index (χ2v) is 4.56. The highest BCUT2D eigenvalue weighted by molar-refractivity contribution is 5.78. The van der Waals surface area contributed by atoms with Gasteiger partial charge in [0.15, 0.2) is 0 Å². The largest absolute Gasteiger partial charge is 0.399 e. The highest BCUT2D eigenvalue weighted by Gasteiger charge is 2.01. The normalized spacial score (nSPS) is 11.8. The molecule has 0 heterocycles. The first-order chi connectivity index (χ1) is 9.74. The second-order valence-electron chi connectivity index (χ2n) is 4.56. The first-order valence-corrected chi connectivity index (χ1v) is 6.66. The monoisotopic (exact) mass is 261 g/mol. The van der Waals surface area contributed by atoms with Crippen molar-refractivity contribution in [3.63, 3.8) is 0 Å². The Labute approximate surface area is 120 Å². The minimum absolute atomic E-state index is 0.783. The lowest BCUT2D eigenvalue weighted by Gasteiger charge is -2.07. The quantitative estimate of drug-likeness (QED) is 0.602. The molecule has 0 radical (unpaired) electrons. The molecule has 0 bridgehead atoms. The van der Waals surface area contributed by atoms with E-state index >= 15 is 0 Å². The fourth-order valence-corrected chi connectivity index (χ4v) is 2.11. The number of benzene rings is 2. The molecule has 0 saturated heterocycles. The summed E-state index contributed by atoms with van der Waals surface area (Å²) in [6.45, 7) is 5.79. The molecule has 2 N–H and O–H groups in total. The molecule has 0 aliphatic rings. The number of hydrogen-bond donors (Lipinski definition) is 1. The predicted octanol–water partition coefficient (Wildman–Crippen LogP) is 5.08. The average Bonchev–Trinajstić information content (AvgIpc) is 2.48. The van der Waals surface area contributed by atoms with E-state index < -0.39 is 0 Å². The molecule has 1 heteroatoms. The molecular weight excluding hydrogens is 242 g/mol. The van der Waals surface area contributed by atoms with Gasteiger partial charge in [0, 0.05) is 5.69 Å². The van der Waals surface area contributed by atoms with Crippen molar-refractivity contribution in [1.29, 1.82) is 0 Å². The lowest BCUT2D eigenvalue weighted by Crippen LogP contribution is -1.86. The Kier molecular flexibility index (Phi) is 4.56. The standard InChI is InChI=1S/C19H19N/c1-3-6-15(7-4-2)17-8-5-9-18(14-17)16-10-12-19(20)13-11-16/h3-14H,1,20H2,2H3/b7-4-,15-6+. The molecule has 0 amide bonds. The van der Waals surface area contributed by atoms with Crippen LogP contribution < -0.4 is 5.73 Å². The van der Waals surface area contributed by atoms with Crippen LogP contribution in [0, 0.1) is 0 Å². The van der Waals surface area contributed by atoms with Gasteiger partial charge in [-0.25, -0.2) is 0 Å². The molecule has 2 rings (SSSR count). The fourth-order valence-electron chi connectivity index (χ4n) is 2.11. The van der Waals surface area contributed by atoms with Crippen molar-refractivity contribution in [3.05, 3.63) is 85.0 Å². The van der Waals surface area contributed by atoms with Crippen molar-refractivity contribution in [2.75, 3.05) is 5.73 Å². The lowest BCUT2D eigenvalue weighted by atomic mass is 9.98. The summed E-state index contributed by atoms with van der Waals surface area (Å²) in [5.74, 6) is 0. The van der Waals surface area contributed by atoms with Gasteiger partial charge in [0.2, 0.25) is 0 Å². The van der Waals surface area contributed by atoms with Crippen LogP contribution in [0.15, 0.2) is 79.4 Å². The highest BCUT2D eigenvalue weighted by atomic mass is 14.5. The van der Waals surface area contributed by atoms with Gasteiger partial charge in [-0.1, -0.05) is 61.2 Å². The maximum absolute atomic E-state index is 5.73. The zero-order chi connectivity index (χ0) is 14.4. The zero-order valence-electron chi connectivity index (χ0n) is 11.7. The molecule has 20 heavy (non-hydrogen) atoms. The first-order valence-electron chi connectivity index (χ1n) is 6.66. The Morgan fingerprint density at radius 1 is 1.05 bits per heavy atom. The van der Waals surface area contributed by atoms with E-state index in [4.69, 9.17) is 5.73 Å². The third-order valence-electron chi connectivity index (χ3n) is 3.08. The summed E-state index contributed by atoms with van der Waals surface area (Å²) in [6, 6.07) is 16.4. The smallest absolute Gasteiger partial charge is 0.0314 e. The van der Waals surface area contributed by atoms with Crippen LogP contribution in [0.5, 0.6) is 0 Å². The van der Waals surface area contributed by atoms with E-state index in [1.54, 1.807) is 0 Å². The van der Waals surface area contributed by atoms with Gasteiger partial charge in [-0.3, -0.25) is 0 Å². The fraction of sp³-hybridized carbons (Fsp3) is 0.0526. The summed E-state index contributed by atoms with van der Waals surface area (Å²) in [5.41, 5.74) is 11.2. The van der Waals surface area contributed by atoms with E-state index in [0.29, 0.717) is 0 Å². The van der Waals surface area contributed by atoms with E-state index in [0.717, 1.165) is 11.3 Å². The van der Waals surface area contributed by atoms with Crippen LogP contribution in [-0.2, 0) is 0 Å². The summed E-state index contributed by atoms with van der Waals surface area (Å²) in [6.07, 6.45) is 7.95. The Morgan fingerprint density at radius 2 is 1.80 bits per heavy atom. The van der Waals surface area contributed by atoms with Gasteiger partial charge in [-0.05, 0) is 47.4 Å². The SMILES string of the molecule is C=C/C=C(\C=C/C)c1cccc(-c2ccc(N)cc2)c1. The van der Waals surface area contributed by atoms with Gasteiger partial charge in [-0.2, -0.15) is 0 Å². The van der Waals surface area contributed by atoms with Crippen molar-refractivity contribution in [2.24, 2.45) is 0 Å². The summed E-state index contributed by atoms with van der Waals surface area (Å²) < 4.78 is 0. The van der Waals surface area contributed by atoms with Crippen LogP contribution in [0.1, 0.15) is 12.5 Å². The Hall–Kier alpha value is -2.54. The molecule has 0 aliphatic carbocycles. The summed E-state index contributed by atoms with van der Waals surface area (Å²) >= 11 is 0. The minimum Gasteiger partial charge on any atom is -0.399 e. The van der Waals surface area contributed by atoms with E-state index in [-0.39, 0.29) is 0 Å². The summed E-state index contributed by atoms with van der Waals surface area (Å²) in [5, 5.41) is 0. The topological polar surface area (TPSA) is 26.0 Å². The molecule has 100 valence electrons. The zero-order valence-corrected chi connectivity index (χ0v) is 11.7. The second kappa shape index (κ2) is 6.58. The van der Waals surface area contributed by atoms with E-state index in [9.17, 15) is 0 Å². The van der Waals surface area contributed by atoms with Gasteiger partial charge in [0.05, 0.1) is 0 Å². The van der Waals surface area contributed by atoms with Gasteiger partial charge >= 0.3 is 0 Å². The molecular formula is C19H19N. The molecule has 0 spiro atoms. The highest BCUT2D eigenvalue weighted by Crippen LogP contribution is 2.25. The number of hydrogen-bond acceptors (Lipinski definition) is 1. The van der Waals surface area contributed by atoms with Crippen LogP contribution in [0.25, 0.3) is 16.7 Å². The van der Waals surface area contributed by atoms with Crippen molar-refractivity contribution < 1.29 is 0 Å². The molecule has 0 atom stereocenters. The van der Waals surface area contributed by atoms with E-state index in [1.165, 1.54) is 16.7 Å². The van der Waals surface area contributed by atoms with Crippen LogP contribution in [-0.4, -0.2) is 0 Å². The maximum atomic E-state index is 5.73. The molecule has 0 unspecified atom stereocenters. The number of nitrogen functional groups attached to an aromatic ring is 1. The van der Waals surface area contributed by atoms with Crippen LogP contribution >= 0.6 is 0 Å². The first kappa shape index (κ1) is 13.9. The van der Waals surface area contributed by atoms with Crippen LogP contribution in [0.4, 0.5) is 5.69 Å². The molecule has 2 aromatic rings. The van der Waals surface area contributed by atoms with Crippen LogP contribution in [0.2, 0.25) is 0 Å². The Bertz CT molecular complexity index is 646. The van der Waals surface area contributed by atoms with E-state index in [1.807, 2.05) is 49.4 Å². The molecule has 0 saturated carbocycles. The van der Waals surface area contributed by atoms with Gasteiger partial charge < -0.3 is 5.73 Å². The number of nitrogens with two attached hydrogens (primary N) is 1. The van der Waals surface area contributed by atoms with Crippen molar-refractivity contribution in [3.8, 4) is 11.1 Å². The van der Waals surface area contributed by atoms with Gasteiger partial charge in [0.1, 0.15) is 0 Å². The van der Waals surface area contributed by atoms with Gasteiger partial charge in [-0.15, -0.1) is 0 Å². The number of anilines is 1. The Morgan fingerprint density at radius 3 is 2.45 bits per heavy atom. The Balaban J connectivity index is 2.44. The molecule has 0 aliphatic heterocycles. The molecule has 2 aromatic carbocycles. The number of rotatable bonds is 4. The van der Waals surface area contributed by atoms with Crippen molar-refractivity contribution in [1.82, 2.24) is 0 Å². The van der Waals surface area contributed by atoms with E-state index in [2.05, 4.69) is 36.9 Å². The van der Waals surface area contributed by atoms with Gasteiger partial charge in [0.25, 0.3) is 0 Å². The predicted molar refractivity (Wildman–Crippen MR) is 89.3 cm³/mol. The third kappa shape index (κ3) is 3.27. The molecule has 1 nitrogen and oxygen atoms in total. The van der Waals surface area contributed by atoms with Crippen LogP contribution in [0.3, 0.4) is 0 Å². The summed E-state index contributed by atoms with van der Waals surface area (Å²) in [4.78, 5) is 0. The summed E-state index contributed by atoms with van der Waals surface area (Å²) in [7, 11) is 0. The minimum atomic E-state index is 0.783. The molecule has 0 aromatic heterocycles. The average molecular weight is 261 g/mol. The van der Waals surface area contributed by atoms with Crippen molar-refractivity contribution >= 4 is 11.3 Å². The molecule has 0 fully saturated rings.